The molecule has 0 unspecified atom stereocenters. The lowest BCUT2D eigenvalue weighted by Gasteiger charge is -2.07. The van der Waals surface area contributed by atoms with E-state index in [1.165, 1.54) is 30.3 Å². The molecule has 1 aliphatic heterocycles. The fraction of sp³-hybridized carbons (Fsp3) is 0.125. The van der Waals surface area contributed by atoms with Crippen molar-refractivity contribution in [2.45, 2.75) is 6.29 Å². The van der Waals surface area contributed by atoms with Crippen molar-refractivity contribution in [2.24, 2.45) is 0 Å². The smallest absolute Gasteiger partial charge is 0.452 e. The number of benzene rings is 2. The average Bonchev–Trinajstić information content (AvgIpc) is 2.84. The van der Waals surface area contributed by atoms with Crippen LogP contribution in [-0.2, 0) is 9.53 Å². The molecule has 0 saturated carbocycles. The maximum Gasteiger partial charge on any atom is 0.586 e. The second kappa shape index (κ2) is 6.97. The van der Waals surface area contributed by atoms with Crippen LogP contribution in [0.25, 0.3) is 0 Å². The third kappa shape index (κ3) is 4.33. The van der Waals surface area contributed by atoms with Gasteiger partial charge in [0.1, 0.15) is 0 Å². The second-order valence-corrected chi connectivity index (χ2v) is 5.98. The summed E-state index contributed by atoms with van der Waals surface area (Å²) in [4.78, 5) is 23.7. The van der Waals surface area contributed by atoms with Gasteiger partial charge in [0.25, 0.3) is 5.91 Å². The van der Waals surface area contributed by atoms with Crippen LogP contribution in [0.2, 0.25) is 10.0 Å². The Kier molecular flexibility index (Phi) is 4.88. The van der Waals surface area contributed by atoms with E-state index < -0.39 is 24.8 Å². The van der Waals surface area contributed by atoms with Gasteiger partial charge in [0.05, 0.1) is 5.56 Å². The fourth-order valence-corrected chi connectivity index (χ4v) is 2.64. The van der Waals surface area contributed by atoms with Gasteiger partial charge in [-0.2, -0.15) is 0 Å². The van der Waals surface area contributed by atoms with E-state index in [0.717, 1.165) is 6.07 Å². The van der Waals surface area contributed by atoms with E-state index in [0.29, 0.717) is 0 Å². The third-order valence-corrected chi connectivity index (χ3v) is 3.55. The van der Waals surface area contributed by atoms with Crippen molar-refractivity contribution >= 4 is 40.8 Å². The van der Waals surface area contributed by atoms with E-state index in [2.05, 4.69) is 14.8 Å². The van der Waals surface area contributed by atoms with Crippen LogP contribution in [-0.4, -0.2) is 24.8 Å². The highest BCUT2D eigenvalue weighted by atomic mass is 35.5. The maximum absolute atomic E-state index is 13.0. The summed E-state index contributed by atoms with van der Waals surface area (Å²) in [5.74, 6) is -1.86. The third-order valence-electron chi connectivity index (χ3n) is 3.12. The molecule has 3 rings (SSSR count). The van der Waals surface area contributed by atoms with Crippen LogP contribution < -0.4 is 14.8 Å². The van der Waals surface area contributed by atoms with Crippen LogP contribution in [0.3, 0.4) is 0 Å². The Balaban J connectivity index is 1.57. The molecule has 1 aliphatic rings. The van der Waals surface area contributed by atoms with Crippen LogP contribution >= 0.6 is 23.2 Å². The molecule has 2 aromatic rings. The van der Waals surface area contributed by atoms with Crippen LogP contribution in [0.1, 0.15) is 10.4 Å². The molecular weight excluding hydrogens is 395 g/mol. The predicted molar refractivity (Wildman–Crippen MR) is 88.0 cm³/mol. The zero-order valence-electron chi connectivity index (χ0n) is 12.7. The number of hydrogen-bond acceptors (Lipinski definition) is 5. The molecule has 136 valence electrons. The minimum atomic E-state index is -3.75. The highest BCUT2D eigenvalue weighted by Gasteiger charge is 2.43. The fourth-order valence-electron chi connectivity index (χ4n) is 2.11. The summed E-state index contributed by atoms with van der Waals surface area (Å²) in [7, 11) is 0. The topological polar surface area (TPSA) is 73.9 Å². The van der Waals surface area contributed by atoms with E-state index in [9.17, 15) is 18.4 Å². The monoisotopic (exact) mass is 403 g/mol. The molecule has 0 fully saturated rings. The molecule has 10 heteroatoms. The molecule has 0 atom stereocenters. The Bertz CT molecular complexity index is 871. The molecule has 26 heavy (non-hydrogen) atoms. The summed E-state index contributed by atoms with van der Waals surface area (Å²) in [6.45, 7) is -0.604. The van der Waals surface area contributed by atoms with Gasteiger partial charge < -0.3 is 19.5 Å². The van der Waals surface area contributed by atoms with E-state index in [4.69, 9.17) is 27.9 Å². The Morgan fingerprint density at radius 2 is 1.69 bits per heavy atom. The van der Waals surface area contributed by atoms with Crippen molar-refractivity contribution in [3.63, 3.8) is 0 Å². The number of fused-ring (bicyclic) bond motifs is 1. The first-order valence-corrected chi connectivity index (χ1v) is 7.80. The second-order valence-electron chi connectivity index (χ2n) is 5.11. The van der Waals surface area contributed by atoms with Crippen LogP contribution in [0, 0.1) is 0 Å². The van der Waals surface area contributed by atoms with Crippen LogP contribution in [0.5, 0.6) is 11.5 Å². The van der Waals surface area contributed by atoms with Crippen molar-refractivity contribution in [2.75, 3.05) is 11.9 Å². The SMILES string of the molecule is O=C(COC(=O)c1cc(Cl)cc(Cl)c1)Nc1ccc2c(c1)OC(F)(F)O2. The predicted octanol–water partition coefficient (Wildman–Crippen LogP) is 4.11. The Morgan fingerprint density at radius 1 is 1.04 bits per heavy atom. The number of anilines is 1. The van der Waals surface area contributed by atoms with Gasteiger partial charge in [0.2, 0.25) is 0 Å². The van der Waals surface area contributed by atoms with Gasteiger partial charge in [-0.1, -0.05) is 23.2 Å². The van der Waals surface area contributed by atoms with E-state index in [-0.39, 0.29) is 32.8 Å². The lowest BCUT2D eigenvalue weighted by Crippen LogP contribution is -2.25. The first kappa shape index (κ1) is 18.2. The number of alkyl halides is 2. The first-order valence-electron chi connectivity index (χ1n) is 7.05. The zero-order chi connectivity index (χ0) is 18.9. The zero-order valence-corrected chi connectivity index (χ0v) is 14.2. The molecular formula is C16H9Cl2F2NO5. The molecule has 0 spiro atoms. The number of halogens is 4. The first-order chi connectivity index (χ1) is 12.2. The maximum atomic E-state index is 13.0. The minimum absolute atomic E-state index is 0.0839. The Morgan fingerprint density at radius 3 is 2.38 bits per heavy atom. The standard InChI is InChI=1S/C16H9Cl2F2NO5/c17-9-3-8(4-10(18)5-9)15(23)24-7-14(22)21-11-1-2-12-13(6-11)26-16(19,20)25-12/h1-6H,7H2,(H,21,22). The average molecular weight is 404 g/mol. The molecule has 0 saturated heterocycles. The van der Waals surface area contributed by atoms with Gasteiger partial charge in [-0.15, -0.1) is 8.78 Å². The summed E-state index contributed by atoms with van der Waals surface area (Å²) in [6.07, 6.45) is -3.75. The summed E-state index contributed by atoms with van der Waals surface area (Å²) < 4.78 is 39.3. The number of nitrogens with one attached hydrogen (secondary N) is 1. The molecule has 6 nitrogen and oxygen atoms in total. The Labute approximate surface area is 155 Å². The minimum Gasteiger partial charge on any atom is -0.452 e. The number of esters is 1. The van der Waals surface area contributed by atoms with E-state index in [1.807, 2.05) is 0 Å². The normalized spacial score (nSPS) is 14.0. The highest BCUT2D eigenvalue weighted by Crippen LogP contribution is 2.42. The summed E-state index contributed by atoms with van der Waals surface area (Å²) in [5.41, 5.74) is 0.248. The van der Waals surface area contributed by atoms with Gasteiger partial charge in [0, 0.05) is 21.8 Å². The number of carbonyl (C=O) groups excluding carboxylic acids is 2. The number of hydrogen-bond donors (Lipinski definition) is 1. The van der Waals surface area contributed by atoms with Crippen molar-refractivity contribution in [1.82, 2.24) is 0 Å². The molecule has 2 aromatic carbocycles. The summed E-state index contributed by atoms with van der Waals surface area (Å²) >= 11 is 11.6. The van der Waals surface area contributed by atoms with Gasteiger partial charge in [-0.3, -0.25) is 4.79 Å². The molecule has 0 radical (unpaired) electrons. The van der Waals surface area contributed by atoms with Crippen molar-refractivity contribution in [3.05, 3.63) is 52.0 Å². The van der Waals surface area contributed by atoms with Gasteiger partial charge in [-0.05, 0) is 30.3 Å². The number of rotatable bonds is 4. The van der Waals surface area contributed by atoms with Gasteiger partial charge in [0.15, 0.2) is 18.1 Å². The summed E-state index contributed by atoms with van der Waals surface area (Å²) in [5, 5.41) is 2.86. The largest absolute Gasteiger partial charge is 0.586 e. The quantitative estimate of drug-likeness (QED) is 0.777. The molecule has 0 aliphatic carbocycles. The van der Waals surface area contributed by atoms with Crippen molar-refractivity contribution in [1.29, 1.82) is 0 Å². The van der Waals surface area contributed by atoms with Gasteiger partial charge >= 0.3 is 12.3 Å². The molecule has 0 bridgehead atoms. The van der Waals surface area contributed by atoms with Crippen molar-refractivity contribution in [3.8, 4) is 11.5 Å². The van der Waals surface area contributed by atoms with Gasteiger partial charge in [-0.25, -0.2) is 4.79 Å². The van der Waals surface area contributed by atoms with Crippen LogP contribution in [0.15, 0.2) is 36.4 Å². The molecule has 1 heterocycles. The Hall–Kier alpha value is -2.58. The molecule has 1 amide bonds. The lowest BCUT2D eigenvalue weighted by molar-refractivity contribution is -0.286. The molecule has 1 N–H and O–H groups in total. The number of ether oxygens (including phenoxy) is 3. The number of carbonyl (C=O) groups is 2. The number of amides is 1. The van der Waals surface area contributed by atoms with E-state index >= 15 is 0 Å². The van der Waals surface area contributed by atoms with Crippen LogP contribution in [0.4, 0.5) is 14.5 Å². The van der Waals surface area contributed by atoms with E-state index in [1.54, 1.807) is 0 Å². The highest BCUT2D eigenvalue weighted by molar-refractivity contribution is 6.35. The summed E-state index contributed by atoms with van der Waals surface area (Å²) in [6, 6.07) is 7.83. The lowest BCUT2D eigenvalue weighted by atomic mass is 10.2. The van der Waals surface area contributed by atoms with Crippen molar-refractivity contribution < 1.29 is 32.6 Å². The molecule has 0 aromatic heterocycles.